The highest BCUT2D eigenvalue weighted by Gasteiger charge is 2.53. The standard InChI is InChI=1S/C29H42N2O7/c1-18(2)24(30-26(33)38-28(3,4)5)25(32)35-17-36-27(34)37-20-11-10-19-15-23-21-9-7-8-12-29(21,22(19)16-20)13-14-31(23)6/h10-11,16,18,21,23-24H,7-9,12-15,17H2,1-6H3,(H,30,33)/t21-,23?,24?,29+/m1/s1. The minimum atomic E-state index is -0.953. The van der Waals surface area contributed by atoms with E-state index in [4.69, 9.17) is 18.9 Å². The van der Waals surface area contributed by atoms with Crippen molar-refractivity contribution in [1.82, 2.24) is 10.2 Å². The fraction of sp³-hybridized carbons (Fsp3) is 0.690. The molecule has 3 aliphatic rings. The number of likely N-dealkylation sites (tertiary alicyclic amines) is 1. The van der Waals surface area contributed by atoms with Gasteiger partial charge < -0.3 is 29.2 Å². The molecule has 0 radical (unpaired) electrons. The van der Waals surface area contributed by atoms with Crippen molar-refractivity contribution in [3.8, 4) is 5.75 Å². The van der Waals surface area contributed by atoms with Crippen LogP contribution >= 0.6 is 0 Å². The summed E-state index contributed by atoms with van der Waals surface area (Å²) in [5, 5.41) is 2.51. The van der Waals surface area contributed by atoms with Crippen LogP contribution in [0, 0.1) is 11.8 Å². The zero-order chi connectivity index (χ0) is 27.7. The van der Waals surface area contributed by atoms with Crippen molar-refractivity contribution >= 4 is 18.2 Å². The van der Waals surface area contributed by atoms with E-state index in [2.05, 4.69) is 23.3 Å². The van der Waals surface area contributed by atoms with Crippen molar-refractivity contribution in [2.45, 2.75) is 96.2 Å². The number of alkyl carbamates (subject to hydrolysis) is 1. The van der Waals surface area contributed by atoms with Crippen LogP contribution in [0.15, 0.2) is 18.2 Å². The third-order valence-corrected chi connectivity index (χ3v) is 8.26. The van der Waals surface area contributed by atoms with E-state index in [-0.39, 0.29) is 11.3 Å². The van der Waals surface area contributed by atoms with Crippen LogP contribution in [0.3, 0.4) is 0 Å². The van der Waals surface area contributed by atoms with Crippen molar-refractivity contribution < 1.29 is 33.3 Å². The fourth-order valence-electron chi connectivity index (χ4n) is 6.52. The van der Waals surface area contributed by atoms with Crippen LogP contribution in [0.1, 0.15) is 77.8 Å². The molecule has 1 N–H and O–H groups in total. The lowest BCUT2D eigenvalue weighted by Gasteiger charge is -2.58. The van der Waals surface area contributed by atoms with Crippen LogP contribution in [-0.2, 0) is 30.8 Å². The van der Waals surface area contributed by atoms with Crippen molar-refractivity contribution in [2.75, 3.05) is 20.4 Å². The number of piperidine rings is 1. The molecule has 4 rings (SSSR count). The molecule has 1 saturated carbocycles. The topological polar surface area (TPSA) is 103 Å². The zero-order valence-electron chi connectivity index (χ0n) is 23.5. The quantitative estimate of drug-likeness (QED) is 0.313. The molecule has 0 spiro atoms. The van der Waals surface area contributed by atoms with E-state index in [1.807, 2.05) is 6.07 Å². The number of amides is 1. The second-order valence-electron chi connectivity index (χ2n) is 12.3. The number of carbonyl (C=O) groups excluding carboxylic acids is 3. The summed E-state index contributed by atoms with van der Waals surface area (Å²) in [6, 6.07) is 5.52. The molecular weight excluding hydrogens is 488 g/mol. The van der Waals surface area contributed by atoms with Gasteiger partial charge >= 0.3 is 18.2 Å². The van der Waals surface area contributed by atoms with Crippen LogP contribution in [0.5, 0.6) is 5.75 Å². The summed E-state index contributed by atoms with van der Waals surface area (Å²) in [5.41, 5.74) is 2.10. The number of benzene rings is 1. The lowest BCUT2D eigenvalue weighted by Crippen LogP contribution is -2.59. The van der Waals surface area contributed by atoms with Crippen molar-refractivity contribution in [2.24, 2.45) is 11.8 Å². The second kappa shape index (κ2) is 11.1. The molecule has 2 unspecified atom stereocenters. The first kappa shape index (κ1) is 28.2. The Morgan fingerprint density at radius 1 is 1.13 bits per heavy atom. The Hall–Kier alpha value is -2.81. The van der Waals surface area contributed by atoms with Gasteiger partial charge in [-0.1, -0.05) is 32.8 Å². The van der Waals surface area contributed by atoms with Gasteiger partial charge in [0.1, 0.15) is 17.4 Å². The van der Waals surface area contributed by atoms with Gasteiger partial charge in [0.05, 0.1) is 0 Å². The second-order valence-corrected chi connectivity index (χ2v) is 12.3. The smallest absolute Gasteiger partial charge is 0.444 e. The molecule has 0 aromatic heterocycles. The van der Waals surface area contributed by atoms with E-state index >= 15 is 0 Å². The Balaban J connectivity index is 1.34. The number of nitrogens with one attached hydrogen (secondary N) is 1. The molecule has 1 aliphatic heterocycles. The lowest BCUT2D eigenvalue weighted by atomic mass is 9.52. The van der Waals surface area contributed by atoms with Gasteiger partial charge in [0.15, 0.2) is 0 Å². The lowest BCUT2D eigenvalue weighted by molar-refractivity contribution is -0.156. The molecule has 2 aliphatic carbocycles. The highest BCUT2D eigenvalue weighted by molar-refractivity contribution is 5.81. The molecule has 2 fully saturated rings. The fourth-order valence-corrected chi connectivity index (χ4v) is 6.52. The summed E-state index contributed by atoms with van der Waals surface area (Å²) < 4.78 is 20.8. The first-order valence-corrected chi connectivity index (χ1v) is 13.7. The number of carbonyl (C=O) groups is 3. The van der Waals surface area contributed by atoms with Crippen molar-refractivity contribution in [3.05, 3.63) is 29.3 Å². The van der Waals surface area contributed by atoms with Crippen LogP contribution < -0.4 is 10.1 Å². The van der Waals surface area contributed by atoms with Gasteiger partial charge in [-0.3, -0.25) is 0 Å². The maximum atomic E-state index is 12.5. The van der Waals surface area contributed by atoms with E-state index in [1.54, 1.807) is 40.7 Å². The largest absolute Gasteiger partial charge is 0.516 e. The molecular formula is C29H42N2O7. The van der Waals surface area contributed by atoms with Crippen LogP contribution in [0.4, 0.5) is 9.59 Å². The molecule has 1 amide bonds. The maximum Gasteiger partial charge on any atom is 0.516 e. The predicted molar refractivity (Wildman–Crippen MR) is 141 cm³/mol. The Kier molecular flexibility index (Phi) is 8.26. The van der Waals surface area contributed by atoms with E-state index in [1.165, 1.54) is 36.8 Å². The molecule has 9 nitrogen and oxygen atoms in total. The first-order chi connectivity index (χ1) is 17.9. The minimum absolute atomic E-state index is 0.148. The average Bonchev–Trinajstić information content (AvgIpc) is 2.83. The summed E-state index contributed by atoms with van der Waals surface area (Å²) in [5.74, 6) is 0.0708. The van der Waals surface area contributed by atoms with Crippen LogP contribution in [-0.4, -0.2) is 61.2 Å². The van der Waals surface area contributed by atoms with Gasteiger partial charge in [-0.25, -0.2) is 14.4 Å². The van der Waals surface area contributed by atoms with E-state index in [9.17, 15) is 14.4 Å². The molecule has 1 saturated heterocycles. The third-order valence-electron chi connectivity index (χ3n) is 8.26. The monoisotopic (exact) mass is 530 g/mol. The number of nitrogens with zero attached hydrogens (tertiary/aromatic N) is 1. The number of hydrogen-bond acceptors (Lipinski definition) is 8. The molecule has 38 heavy (non-hydrogen) atoms. The van der Waals surface area contributed by atoms with Gasteiger partial charge in [-0.15, -0.1) is 0 Å². The Morgan fingerprint density at radius 3 is 2.61 bits per heavy atom. The minimum Gasteiger partial charge on any atom is -0.444 e. The highest BCUT2D eigenvalue weighted by atomic mass is 16.8. The van der Waals surface area contributed by atoms with Gasteiger partial charge in [0, 0.05) is 11.5 Å². The number of fused-ring (bicyclic) bond motifs is 1. The van der Waals surface area contributed by atoms with Crippen molar-refractivity contribution in [3.63, 3.8) is 0 Å². The summed E-state index contributed by atoms with van der Waals surface area (Å²) in [6.07, 6.45) is 5.39. The summed E-state index contributed by atoms with van der Waals surface area (Å²) in [7, 11) is 2.24. The molecule has 1 aromatic carbocycles. The normalized spacial score (nSPS) is 25.4. The number of rotatable bonds is 6. The van der Waals surface area contributed by atoms with Gasteiger partial charge in [-0.2, -0.15) is 0 Å². The predicted octanol–water partition coefficient (Wildman–Crippen LogP) is 4.94. The maximum absolute atomic E-state index is 12.5. The van der Waals surface area contributed by atoms with Crippen LogP contribution in [0.25, 0.3) is 0 Å². The Bertz CT molecular complexity index is 1050. The number of likely N-dealkylation sites (N-methyl/N-ethyl adjacent to an activating group) is 1. The average molecular weight is 531 g/mol. The number of ether oxygens (including phenoxy) is 4. The number of hydrogen-bond donors (Lipinski definition) is 1. The Labute approximate surface area is 225 Å². The van der Waals surface area contributed by atoms with Gasteiger partial charge in [0.25, 0.3) is 0 Å². The molecule has 9 heteroatoms. The Morgan fingerprint density at radius 2 is 1.89 bits per heavy atom. The molecule has 2 bridgehead atoms. The van der Waals surface area contributed by atoms with Crippen LogP contribution in [0.2, 0.25) is 0 Å². The molecule has 1 aromatic rings. The number of esters is 1. The van der Waals surface area contributed by atoms with Crippen molar-refractivity contribution in [1.29, 1.82) is 0 Å². The van der Waals surface area contributed by atoms with Gasteiger partial charge in [-0.05, 0) is 95.1 Å². The summed E-state index contributed by atoms with van der Waals surface area (Å²) in [6.45, 7) is 9.18. The zero-order valence-corrected chi connectivity index (χ0v) is 23.5. The molecule has 4 atom stereocenters. The third kappa shape index (κ3) is 6.08. The van der Waals surface area contributed by atoms with E-state index < -0.39 is 36.7 Å². The molecule has 1 heterocycles. The van der Waals surface area contributed by atoms with E-state index in [0.717, 1.165) is 19.4 Å². The first-order valence-electron chi connectivity index (χ1n) is 13.7. The summed E-state index contributed by atoms with van der Waals surface area (Å²) >= 11 is 0. The SMILES string of the molecule is CC(C)C(NC(=O)OC(C)(C)C)C(=O)OCOC(=O)Oc1ccc2c(c1)[C@]13CCCC[C@@H]1C(C2)N(C)CC3. The molecule has 210 valence electrons. The summed E-state index contributed by atoms with van der Waals surface area (Å²) in [4.78, 5) is 39.5. The van der Waals surface area contributed by atoms with Gasteiger partial charge in [0.2, 0.25) is 6.79 Å². The van der Waals surface area contributed by atoms with E-state index in [0.29, 0.717) is 17.7 Å². The highest BCUT2D eigenvalue weighted by Crippen LogP contribution is 2.55.